The molecule has 0 unspecified atom stereocenters. The van der Waals surface area contributed by atoms with E-state index in [1.807, 2.05) is 18.7 Å². The molecule has 2 heterocycles. The highest BCUT2D eigenvalue weighted by molar-refractivity contribution is 5.78. The predicted octanol–water partition coefficient (Wildman–Crippen LogP) is 1.21. The maximum Gasteiger partial charge on any atom is 0.225 e. The minimum Gasteiger partial charge on any atom is -0.369 e. The molecule has 0 bridgehead atoms. The number of carbonyl (C=O) groups is 1. The van der Waals surface area contributed by atoms with Gasteiger partial charge in [0, 0.05) is 38.6 Å². The number of carbonyl (C=O) groups excluding carboxylic acids is 1. The van der Waals surface area contributed by atoms with Crippen LogP contribution in [0.25, 0.3) is 0 Å². The summed E-state index contributed by atoms with van der Waals surface area (Å²) in [5, 5.41) is 0. The van der Waals surface area contributed by atoms with Crippen LogP contribution < -0.4 is 0 Å². The Labute approximate surface area is 110 Å². The smallest absolute Gasteiger partial charge is 0.225 e. The average molecular weight is 254 g/mol. The lowest BCUT2D eigenvalue weighted by molar-refractivity contribution is -0.164. The van der Waals surface area contributed by atoms with Crippen LogP contribution in [0.2, 0.25) is 0 Å². The molecule has 18 heavy (non-hydrogen) atoms. The molecule has 0 radical (unpaired) electrons. The number of hydrogen-bond acceptors (Lipinski definition) is 3. The van der Waals surface area contributed by atoms with Gasteiger partial charge in [-0.1, -0.05) is 27.7 Å². The van der Waals surface area contributed by atoms with Crippen LogP contribution >= 0.6 is 0 Å². The first-order chi connectivity index (χ1) is 8.45. The van der Waals surface area contributed by atoms with E-state index in [9.17, 15) is 4.79 Å². The van der Waals surface area contributed by atoms with Crippen LogP contribution in [0.3, 0.4) is 0 Å². The second kappa shape index (κ2) is 5.57. The third-order valence-corrected chi connectivity index (χ3v) is 3.59. The average Bonchev–Trinajstić information content (AvgIpc) is 2.16. The summed E-state index contributed by atoms with van der Waals surface area (Å²) < 4.78 is 5.96. The first-order valence-electron chi connectivity index (χ1n) is 7.12. The van der Waals surface area contributed by atoms with Gasteiger partial charge in [-0.15, -0.1) is 0 Å². The lowest BCUT2D eigenvalue weighted by atomic mass is 10.1. The fraction of sp³-hybridized carbons (Fsp3) is 0.929. The predicted molar refractivity (Wildman–Crippen MR) is 71.4 cm³/mol. The van der Waals surface area contributed by atoms with Gasteiger partial charge in [0.05, 0.1) is 12.2 Å². The van der Waals surface area contributed by atoms with Crippen LogP contribution in [0.1, 0.15) is 27.7 Å². The van der Waals surface area contributed by atoms with Crippen molar-refractivity contribution in [1.29, 1.82) is 0 Å². The fourth-order valence-corrected chi connectivity index (χ4v) is 2.62. The number of ether oxygens (including phenoxy) is 1. The summed E-state index contributed by atoms with van der Waals surface area (Å²) in [5.74, 6) is 1.09. The van der Waals surface area contributed by atoms with Crippen LogP contribution in [-0.2, 0) is 9.53 Å². The van der Waals surface area contributed by atoms with E-state index >= 15 is 0 Å². The van der Waals surface area contributed by atoms with Crippen LogP contribution in [0.15, 0.2) is 0 Å². The van der Waals surface area contributed by atoms with Crippen molar-refractivity contribution < 1.29 is 9.53 Å². The van der Waals surface area contributed by atoms with Gasteiger partial charge in [0.1, 0.15) is 0 Å². The highest BCUT2D eigenvalue weighted by Gasteiger charge is 2.37. The van der Waals surface area contributed by atoms with Crippen molar-refractivity contribution in [3.05, 3.63) is 0 Å². The van der Waals surface area contributed by atoms with Gasteiger partial charge < -0.3 is 9.64 Å². The van der Waals surface area contributed by atoms with E-state index in [1.54, 1.807) is 0 Å². The first-order valence-corrected chi connectivity index (χ1v) is 7.12. The Kier molecular flexibility index (Phi) is 4.28. The molecule has 2 aliphatic heterocycles. The topological polar surface area (TPSA) is 32.8 Å². The summed E-state index contributed by atoms with van der Waals surface area (Å²) in [5.41, 5.74) is 0. The van der Waals surface area contributed by atoms with Crippen molar-refractivity contribution in [2.45, 2.75) is 39.9 Å². The zero-order chi connectivity index (χ0) is 13.3. The molecule has 4 heteroatoms. The van der Waals surface area contributed by atoms with Crippen LogP contribution in [0, 0.1) is 11.8 Å². The molecule has 0 spiro atoms. The number of hydrogen-bond donors (Lipinski definition) is 0. The molecule has 0 aliphatic carbocycles. The van der Waals surface area contributed by atoms with E-state index in [0.29, 0.717) is 6.10 Å². The van der Waals surface area contributed by atoms with Crippen LogP contribution in [0.5, 0.6) is 0 Å². The fourth-order valence-electron chi connectivity index (χ4n) is 2.62. The number of likely N-dealkylation sites (tertiary alicyclic amines) is 2. The summed E-state index contributed by atoms with van der Waals surface area (Å²) in [4.78, 5) is 16.0. The molecule has 2 aliphatic rings. The molecule has 0 saturated carbocycles. The van der Waals surface area contributed by atoms with Crippen LogP contribution in [0.4, 0.5) is 0 Å². The Morgan fingerprint density at radius 3 is 2.17 bits per heavy atom. The molecule has 2 saturated heterocycles. The van der Waals surface area contributed by atoms with Gasteiger partial charge in [-0.3, -0.25) is 9.69 Å². The van der Waals surface area contributed by atoms with E-state index in [0.717, 1.165) is 32.1 Å². The van der Waals surface area contributed by atoms with Crippen molar-refractivity contribution in [2.75, 3.05) is 32.7 Å². The number of rotatable bonds is 5. The van der Waals surface area contributed by atoms with Gasteiger partial charge in [0.25, 0.3) is 0 Å². The van der Waals surface area contributed by atoms with Crippen molar-refractivity contribution in [3.63, 3.8) is 0 Å². The molecule has 0 aromatic carbocycles. The standard InChI is InChI=1S/C14H26N2O2/c1-10(2)5-15-6-12(7-15)18-13-8-16(9-13)14(17)11(3)4/h10-13H,5-9H2,1-4H3. The van der Waals surface area contributed by atoms with E-state index in [1.165, 1.54) is 6.54 Å². The molecule has 1 amide bonds. The minimum atomic E-state index is 0.108. The first kappa shape index (κ1) is 13.8. The third kappa shape index (κ3) is 3.23. The monoisotopic (exact) mass is 254 g/mol. The number of amides is 1. The molecule has 0 aromatic heterocycles. The quantitative estimate of drug-likeness (QED) is 0.739. The second-order valence-electron chi connectivity index (χ2n) is 6.39. The van der Waals surface area contributed by atoms with E-state index in [4.69, 9.17) is 4.74 Å². The third-order valence-electron chi connectivity index (χ3n) is 3.59. The normalized spacial score (nSPS) is 22.4. The Balaban J connectivity index is 1.57. The Morgan fingerprint density at radius 1 is 1.11 bits per heavy atom. The lowest BCUT2D eigenvalue weighted by Crippen LogP contribution is -2.61. The van der Waals surface area contributed by atoms with Crippen molar-refractivity contribution >= 4 is 5.91 Å². The zero-order valence-corrected chi connectivity index (χ0v) is 12.1. The summed E-state index contributed by atoms with van der Waals surface area (Å²) >= 11 is 0. The minimum absolute atomic E-state index is 0.108. The van der Waals surface area contributed by atoms with Crippen LogP contribution in [-0.4, -0.2) is 60.6 Å². The zero-order valence-electron chi connectivity index (χ0n) is 12.1. The highest BCUT2D eigenvalue weighted by atomic mass is 16.5. The van der Waals surface area contributed by atoms with Gasteiger partial charge in [-0.25, -0.2) is 0 Å². The summed E-state index contributed by atoms with van der Waals surface area (Å²) in [6, 6.07) is 0. The molecule has 2 rings (SSSR count). The molecule has 0 atom stereocenters. The largest absolute Gasteiger partial charge is 0.369 e. The Morgan fingerprint density at radius 2 is 1.67 bits per heavy atom. The summed E-state index contributed by atoms with van der Waals surface area (Å²) in [6.45, 7) is 13.3. The molecule has 2 fully saturated rings. The van der Waals surface area contributed by atoms with Gasteiger partial charge >= 0.3 is 0 Å². The van der Waals surface area contributed by atoms with Crippen molar-refractivity contribution in [2.24, 2.45) is 11.8 Å². The Bertz CT molecular complexity index is 292. The summed E-state index contributed by atoms with van der Waals surface area (Å²) in [7, 11) is 0. The molecule has 104 valence electrons. The van der Waals surface area contributed by atoms with E-state index in [2.05, 4.69) is 18.7 Å². The number of nitrogens with zero attached hydrogens (tertiary/aromatic N) is 2. The van der Waals surface area contributed by atoms with Gasteiger partial charge in [-0.2, -0.15) is 0 Å². The second-order valence-corrected chi connectivity index (χ2v) is 6.39. The van der Waals surface area contributed by atoms with Gasteiger partial charge in [0.2, 0.25) is 5.91 Å². The van der Waals surface area contributed by atoms with Gasteiger partial charge in [-0.05, 0) is 5.92 Å². The highest BCUT2D eigenvalue weighted by Crippen LogP contribution is 2.21. The van der Waals surface area contributed by atoms with Crippen molar-refractivity contribution in [1.82, 2.24) is 9.80 Å². The molecule has 0 N–H and O–H groups in total. The summed E-state index contributed by atoms with van der Waals surface area (Å²) in [6.07, 6.45) is 0.670. The van der Waals surface area contributed by atoms with E-state index in [-0.39, 0.29) is 17.9 Å². The maximum absolute atomic E-state index is 11.7. The molecule has 0 aromatic rings. The molecular weight excluding hydrogens is 228 g/mol. The van der Waals surface area contributed by atoms with Crippen molar-refractivity contribution in [3.8, 4) is 0 Å². The SMILES string of the molecule is CC(C)CN1CC(OC2CN(C(=O)C(C)C)C2)C1. The molecular formula is C14H26N2O2. The lowest BCUT2D eigenvalue weighted by Gasteiger charge is -2.46. The Hall–Kier alpha value is -0.610. The van der Waals surface area contributed by atoms with E-state index < -0.39 is 0 Å². The van der Waals surface area contributed by atoms with Gasteiger partial charge in [0.15, 0.2) is 0 Å². The molecule has 4 nitrogen and oxygen atoms in total. The maximum atomic E-state index is 11.7.